The van der Waals surface area contributed by atoms with Crippen molar-refractivity contribution in [1.82, 2.24) is 0 Å². The average Bonchev–Trinajstić information content (AvgIpc) is 3.23. The average molecular weight is 819 g/mol. The number of rotatable bonds is 41. The molecule has 0 aromatic carbocycles. The van der Waals surface area contributed by atoms with Gasteiger partial charge >= 0.3 is 17.9 Å². The van der Waals surface area contributed by atoms with Gasteiger partial charge in [0.15, 0.2) is 6.10 Å². The highest BCUT2D eigenvalue weighted by Crippen LogP contribution is 2.12. The summed E-state index contributed by atoms with van der Waals surface area (Å²) in [6.45, 7) is 6.31. The maximum Gasteiger partial charge on any atom is 0.306 e. The van der Waals surface area contributed by atoms with Gasteiger partial charge < -0.3 is 14.2 Å². The molecule has 1 atom stereocenters. The molecule has 0 heterocycles. The van der Waals surface area contributed by atoms with Crippen LogP contribution >= 0.6 is 0 Å². The van der Waals surface area contributed by atoms with E-state index in [1.807, 2.05) is 0 Å². The van der Waals surface area contributed by atoms with Crippen molar-refractivity contribution >= 4 is 17.9 Å². The van der Waals surface area contributed by atoms with Gasteiger partial charge in [0.1, 0.15) is 13.2 Å². The number of carbonyl (C=O) groups excluding carboxylic acids is 3. The predicted octanol–water partition coefficient (Wildman–Crippen LogP) is 15.4. The molecule has 0 saturated heterocycles. The normalized spacial score (nSPS) is 12.9. The summed E-state index contributed by atoms with van der Waals surface area (Å²) in [4.78, 5) is 37.8. The van der Waals surface area contributed by atoms with Crippen molar-refractivity contribution in [2.75, 3.05) is 13.2 Å². The molecule has 0 fully saturated rings. The fourth-order valence-electron chi connectivity index (χ4n) is 5.98. The topological polar surface area (TPSA) is 78.9 Å². The van der Waals surface area contributed by atoms with Crippen molar-refractivity contribution in [2.45, 2.75) is 207 Å². The first kappa shape index (κ1) is 55.3. The Hall–Kier alpha value is -3.67. The van der Waals surface area contributed by atoms with Crippen LogP contribution in [-0.2, 0) is 28.6 Å². The molecule has 0 N–H and O–H groups in total. The minimum Gasteiger partial charge on any atom is -0.462 e. The molecule has 6 nitrogen and oxygen atoms in total. The van der Waals surface area contributed by atoms with Crippen molar-refractivity contribution < 1.29 is 28.6 Å². The highest BCUT2D eigenvalue weighted by atomic mass is 16.6. The third-order valence-corrected chi connectivity index (χ3v) is 9.50. The molecule has 0 aromatic heterocycles. The molecule has 1 unspecified atom stereocenters. The second-order valence-electron chi connectivity index (χ2n) is 15.3. The van der Waals surface area contributed by atoms with Gasteiger partial charge in [0.25, 0.3) is 0 Å². The number of esters is 3. The first-order chi connectivity index (χ1) is 29.0. The van der Waals surface area contributed by atoms with Crippen LogP contribution in [0.25, 0.3) is 0 Å². The molecule has 0 aliphatic carbocycles. The summed E-state index contributed by atoms with van der Waals surface area (Å²) in [6.07, 6.45) is 61.0. The van der Waals surface area contributed by atoms with Gasteiger partial charge in [0, 0.05) is 19.3 Å². The maximum atomic E-state index is 12.7. The predicted molar refractivity (Wildman–Crippen MR) is 251 cm³/mol. The molecular formula is C53H86O6. The maximum absolute atomic E-state index is 12.7. The molecule has 6 heteroatoms. The van der Waals surface area contributed by atoms with E-state index in [0.717, 1.165) is 148 Å². The molecule has 334 valence electrons. The van der Waals surface area contributed by atoms with Gasteiger partial charge in [-0.1, -0.05) is 169 Å². The number of carbonyl (C=O) groups is 3. The van der Waals surface area contributed by atoms with Crippen LogP contribution in [0.15, 0.2) is 97.2 Å². The van der Waals surface area contributed by atoms with Crippen LogP contribution in [0.5, 0.6) is 0 Å². The zero-order valence-corrected chi connectivity index (χ0v) is 38.0. The SMILES string of the molecule is CC/C=C\C/C=C\C/C=C\C/C=C\CCCCC(=O)OCC(COC(=O)CCCCCCC/C=C\C/C=C\CCC)OC(=O)CCCCCCC/C=C\C/C=C\CCC. The largest absolute Gasteiger partial charge is 0.462 e. The summed E-state index contributed by atoms with van der Waals surface area (Å²) in [5.74, 6) is -0.985. The van der Waals surface area contributed by atoms with Gasteiger partial charge in [-0.15, -0.1) is 0 Å². The molecule has 0 spiro atoms. The summed E-state index contributed by atoms with van der Waals surface area (Å²) >= 11 is 0. The third kappa shape index (κ3) is 45.3. The molecule has 0 aliphatic rings. The monoisotopic (exact) mass is 819 g/mol. The number of unbranched alkanes of at least 4 members (excludes halogenated alkanes) is 14. The van der Waals surface area contributed by atoms with Gasteiger partial charge in [-0.05, 0) is 109 Å². The van der Waals surface area contributed by atoms with Crippen LogP contribution in [0, 0.1) is 0 Å². The molecular weight excluding hydrogens is 733 g/mol. The standard InChI is InChI=1S/C53H86O6/c1-4-7-10-13-16-19-22-25-26-29-31-34-37-40-43-46-52(55)58-49-50(59-53(56)47-44-41-38-35-32-28-24-21-18-15-12-9-6-3)48-57-51(54)45-42-39-36-33-30-27-23-20-17-14-11-8-5-2/h7,10-12,14-16,19-21,23-26,31,34,50H,4-6,8-9,13,17-18,22,27-30,32-33,35-49H2,1-3H3/b10-7-,14-11-,15-12-,19-16-,23-20-,24-21-,26-25-,34-31-. The molecule has 0 rings (SSSR count). The second-order valence-corrected chi connectivity index (χ2v) is 15.3. The van der Waals surface area contributed by atoms with Gasteiger partial charge in [-0.2, -0.15) is 0 Å². The van der Waals surface area contributed by atoms with E-state index in [4.69, 9.17) is 14.2 Å². The number of hydrogen-bond donors (Lipinski definition) is 0. The molecule has 0 aromatic rings. The van der Waals surface area contributed by atoms with Crippen LogP contribution < -0.4 is 0 Å². The fourth-order valence-corrected chi connectivity index (χ4v) is 5.98. The molecule has 0 bridgehead atoms. The number of hydrogen-bond acceptors (Lipinski definition) is 6. The van der Waals surface area contributed by atoms with E-state index in [1.54, 1.807) is 0 Å². The smallest absolute Gasteiger partial charge is 0.306 e. The van der Waals surface area contributed by atoms with Gasteiger partial charge in [-0.3, -0.25) is 14.4 Å². The van der Waals surface area contributed by atoms with Crippen LogP contribution in [0.2, 0.25) is 0 Å². The molecule has 0 amide bonds. The van der Waals surface area contributed by atoms with E-state index in [2.05, 4.69) is 118 Å². The highest BCUT2D eigenvalue weighted by molar-refractivity contribution is 5.71. The minimum absolute atomic E-state index is 0.106. The lowest BCUT2D eigenvalue weighted by atomic mass is 10.1. The number of allylic oxidation sites excluding steroid dienone is 16. The van der Waals surface area contributed by atoms with Crippen LogP contribution in [0.4, 0.5) is 0 Å². The van der Waals surface area contributed by atoms with Gasteiger partial charge in [0.2, 0.25) is 0 Å². The second kappa shape index (κ2) is 47.0. The first-order valence-corrected chi connectivity index (χ1v) is 23.7. The van der Waals surface area contributed by atoms with Crippen molar-refractivity contribution in [2.24, 2.45) is 0 Å². The van der Waals surface area contributed by atoms with E-state index in [-0.39, 0.29) is 31.1 Å². The van der Waals surface area contributed by atoms with Crippen molar-refractivity contribution in [3.05, 3.63) is 97.2 Å². The number of ether oxygens (including phenoxy) is 3. The summed E-state index contributed by atoms with van der Waals surface area (Å²) < 4.78 is 16.7. The molecule has 0 saturated carbocycles. The van der Waals surface area contributed by atoms with Gasteiger partial charge in [0.05, 0.1) is 0 Å². The summed E-state index contributed by atoms with van der Waals surface area (Å²) in [7, 11) is 0. The summed E-state index contributed by atoms with van der Waals surface area (Å²) in [6, 6.07) is 0. The Balaban J connectivity index is 4.51. The van der Waals surface area contributed by atoms with Crippen LogP contribution in [-0.4, -0.2) is 37.2 Å². The van der Waals surface area contributed by atoms with Gasteiger partial charge in [-0.25, -0.2) is 0 Å². The van der Waals surface area contributed by atoms with E-state index in [9.17, 15) is 14.4 Å². The first-order valence-electron chi connectivity index (χ1n) is 23.7. The summed E-state index contributed by atoms with van der Waals surface area (Å²) in [5.41, 5.74) is 0. The molecule has 0 aliphatic heterocycles. The Morgan fingerprint density at radius 1 is 0.356 bits per heavy atom. The van der Waals surface area contributed by atoms with Crippen molar-refractivity contribution in [3.63, 3.8) is 0 Å². The van der Waals surface area contributed by atoms with E-state index >= 15 is 0 Å². The lowest BCUT2D eigenvalue weighted by molar-refractivity contribution is -0.167. The lowest BCUT2D eigenvalue weighted by Gasteiger charge is -2.18. The Morgan fingerprint density at radius 3 is 1.07 bits per heavy atom. The Bertz CT molecular complexity index is 1220. The fraction of sp³-hybridized carbons (Fsp3) is 0.642. The van der Waals surface area contributed by atoms with Crippen molar-refractivity contribution in [1.29, 1.82) is 0 Å². The summed E-state index contributed by atoms with van der Waals surface area (Å²) in [5, 5.41) is 0. The molecule has 0 radical (unpaired) electrons. The highest BCUT2D eigenvalue weighted by Gasteiger charge is 2.19. The van der Waals surface area contributed by atoms with Crippen LogP contribution in [0.1, 0.15) is 201 Å². The zero-order valence-electron chi connectivity index (χ0n) is 38.0. The quantitative estimate of drug-likeness (QED) is 0.0265. The van der Waals surface area contributed by atoms with E-state index in [0.29, 0.717) is 19.3 Å². The van der Waals surface area contributed by atoms with E-state index < -0.39 is 6.10 Å². The van der Waals surface area contributed by atoms with Crippen LogP contribution in [0.3, 0.4) is 0 Å². The Morgan fingerprint density at radius 2 is 0.661 bits per heavy atom. The van der Waals surface area contributed by atoms with Crippen molar-refractivity contribution in [3.8, 4) is 0 Å². The van der Waals surface area contributed by atoms with E-state index in [1.165, 1.54) is 12.8 Å². The minimum atomic E-state index is -0.807. The molecule has 59 heavy (non-hydrogen) atoms. The lowest BCUT2D eigenvalue weighted by Crippen LogP contribution is -2.30. The zero-order chi connectivity index (χ0) is 43.0. The Kier molecular flexibility index (Phi) is 44.1. The third-order valence-electron chi connectivity index (χ3n) is 9.50. The Labute approximate surface area is 362 Å².